The number of rotatable bonds is 4. The van der Waals surface area contributed by atoms with Crippen molar-refractivity contribution in [3.8, 4) is 5.88 Å². The van der Waals surface area contributed by atoms with Gasteiger partial charge in [0.15, 0.2) is 3.95 Å². The van der Waals surface area contributed by atoms with E-state index >= 15 is 0 Å². The van der Waals surface area contributed by atoms with Gasteiger partial charge in [-0.25, -0.2) is 4.99 Å². The lowest BCUT2D eigenvalue weighted by molar-refractivity contribution is -0.112. The van der Waals surface area contributed by atoms with E-state index in [0.717, 1.165) is 10.8 Å². The fraction of sp³-hybridized carbons (Fsp3) is 0.312. The second-order valence-electron chi connectivity index (χ2n) is 5.62. The van der Waals surface area contributed by atoms with Gasteiger partial charge in [-0.3, -0.25) is 9.36 Å². The number of carbonyl (C=O) groups excluding carboxylic acids is 1. The van der Waals surface area contributed by atoms with E-state index in [9.17, 15) is 15.0 Å². The average molecular weight is 348 g/mol. The molecule has 1 amide bonds. The van der Waals surface area contributed by atoms with Gasteiger partial charge in [0, 0.05) is 11.8 Å². The molecule has 23 heavy (non-hydrogen) atoms. The molecule has 2 aromatic rings. The SMILES string of the molecule is Cc1ccc2c(c1)=C(c1sc(=S)n(CCC(C)O)c1O)C(=O)N=2. The normalized spacial score (nSPS) is 14.7. The predicted molar refractivity (Wildman–Crippen MR) is 90.6 cm³/mol. The van der Waals surface area contributed by atoms with E-state index in [4.69, 9.17) is 12.2 Å². The highest BCUT2D eigenvalue weighted by atomic mass is 32.1. The molecule has 1 aliphatic heterocycles. The van der Waals surface area contributed by atoms with Gasteiger partial charge < -0.3 is 10.2 Å². The summed E-state index contributed by atoms with van der Waals surface area (Å²) in [5.41, 5.74) is 1.41. The molecule has 0 fully saturated rings. The number of amides is 1. The lowest BCUT2D eigenvalue weighted by atomic mass is 10.1. The van der Waals surface area contributed by atoms with E-state index < -0.39 is 6.10 Å². The lowest BCUT2D eigenvalue weighted by Gasteiger charge is -2.07. The smallest absolute Gasteiger partial charge is 0.279 e. The molecule has 0 aliphatic carbocycles. The summed E-state index contributed by atoms with van der Waals surface area (Å²) in [6, 6.07) is 5.59. The highest BCUT2D eigenvalue weighted by Gasteiger charge is 2.25. The van der Waals surface area contributed by atoms with Crippen molar-refractivity contribution >= 4 is 35.0 Å². The number of benzene rings is 1. The highest BCUT2D eigenvalue weighted by molar-refractivity contribution is 7.73. The van der Waals surface area contributed by atoms with Crippen LogP contribution in [0.25, 0.3) is 5.57 Å². The number of fused-ring (bicyclic) bond motifs is 1. The van der Waals surface area contributed by atoms with Crippen LogP contribution in [0.4, 0.5) is 0 Å². The summed E-state index contributed by atoms with van der Waals surface area (Å²) in [7, 11) is 0. The van der Waals surface area contributed by atoms with Crippen molar-refractivity contribution < 1.29 is 15.0 Å². The van der Waals surface area contributed by atoms with Crippen LogP contribution in [-0.2, 0) is 11.3 Å². The minimum absolute atomic E-state index is 0.0337. The van der Waals surface area contributed by atoms with Gasteiger partial charge in [-0.1, -0.05) is 11.6 Å². The van der Waals surface area contributed by atoms with Crippen molar-refractivity contribution in [1.82, 2.24) is 4.57 Å². The Bertz CT molecular complexity index is 970. The fourth-order valence-electron chi connectivity index (χ4n) is 2.52. The molecule has 0 bridgehead atoms. The maximum atomic E-state index is 12.3. The van der Waals surface area contributed by atoms with Crippen LogP contribution in [0.15, 0.2) is 23.2 Å². The Hall–Kier alpha value is -1.83. The summed E-state index contributed by atoms with van der Waals surface area (Å²) >= 11 is 6.49. The topological polar surface area (TPSA) is 74.8 Å². The van der Waals surface area contributed by atoms with Crippen LogP contribution in [0.1, 0.15) is 23.8 Å². The minimum Gasteiger partial charge on any atom is -0.493 e. The van der Waals surface area contributed by atoms with Crippen LogP contribution in [0.2, 0.25) is 0 Å². The standard InChI is InChI=1S/C16H16N2O3S2/c1-8-3-4-11-10(7-8)12(14(20)17-11)13-15(21)18(16(22)23-13)6-5-9(2)19/h3-4,7,9,19,21H,5-6H2,1-2H3. The van der Waals surface area contributed by atoms with E-state index in [-0.39, 0.29) is 11.8 Å². The summed E-state index contributed by atoms with van der Waals surface area (Å²) < 4.78 is 2.02. The largest absolute Gasteiger partial charge is 0.493 e. The van der Waals surface area contributed by atoms with Gasteiger partial charge in [0.05, 0.1) is 17.0 Å². The summed E-state index contributed by atoms with van der Waals surface area (Å²) in [6.07, 6.45) is -0.0136. The van der Waals surface area contributed by atoms with Gasteiger partial charge in [0.2, 0.25) is 5.88 Å². The number of aliphatic hydroxyl groups excluding tert-OH is 1. The number of aromatic hydroxyl groups is 1. The third-order valence-electron chi connectivity index (χ3n) is 3.72. The van der Waals surface area contributed by atoms with Gasteiger partial charge in [-0.2, -0.15) is 0 Å². The van der Waals surface area contributed by atoms with Crippen LogP contribution >= 0.6 is 23.6 Å². The van der Waals surface area contributed by atoms with Gasteiger partial charge in [0.25, 0.3) is 5.91 Å². The van der Waals surface area contributed by atoms with E-state index in [0.29, 0.717) is 32.7 Å². The number of aliphatic hydroxyl groups is 1. The van der Waals surface area contributed by atoms with Crippen molar-refractivity contribution in [2.75, 3.05) is 0 Å². The number of hydrogen-bond donors (Lipinski definition) is 2. The van der Waals surface area contributed by atoms with Gasteiger partial charge in [-0.05, 0) is 44.6 Å². The van der Waals surface area contributed by atoms with Crippen molar-refractivity contribution in [1.29, 1.82) is 0 Å². The zero-order valence-electron chi connectivity index (χ0n) is 12.7. The Kier molecular flexibility index (Phi) is 4.18. The maximum absolute atomic E-state index is 12.3. The second-order valence-corrected chi connectivity index (χ2v) is 7.27. The first-order valence-corrected chi connectivity index (χ1v) is 8.46. The van der Waals surface area contributed by atoms with Crippen LogP contribution in [0.5, 0.6) is 5.88 Å². The monoisotopic (exact) mass is 348 g/mol. The second kappa shape index (κ2) is 5.99. The van der Waals surface area contributed by atoms with E-state index in [2.05, 4.69) is 4.99 Å². The minimum atomic E-state index is -0.487. The van der Waals surface area contributed by atoms with Crippen molar-refractivity contribution in [3.05, 3.63) is 43.2 Å². The molecule has 120 valence electrons. The first-order valence-electron chi connectivity index (χ1n) is 7.23. The number of hydrogen-bond acceptors (Lipinski definition) is 5. The first-order chi connectivity index (χ1) is 10.9. The molecular weight excluding hydrogens is 332 g/mol. The maximum Gasteiger partial charge on any atom is 0.279 e. The number of nitrogens with zero attached hydrogens (tertiary/aromatic N) is 2. The molecule has 1 aliphatic rings. The number of thiazole rings is 1. The van der Waals surface area contributed by atoms with E-state index in [1.807, 2.05) is 19.1 Å². The molecule has 0 radical (unpaired) electrons. The molecule has 5 nitrogen and oxygen atoms in total. The van der Waals surface area contributed by atoms with Crippen LogP contribution in [0.3, 0.4) is 0 Å². The van der Waals surface area contributed by atoms with Crippen LogP contribution in [-0.4, -0.2) is 26.8 Å². The van der Waals surface area contributed by atoms with Gasteiger partial charge in [0.1, 0.15) is 4.88 Å². The molecule has 0 spiro atoms. The average Bonchev–Trinajstić information content (AvgIpc) is 2.93. The Morgan fingerprint density at radius 1 is 1.43 bits per heavy atom. The van der Waals surface area contributed by atoms with Crippen molar-refractivity contribution in [2.45, 2.75) is 32.9 Å². The lowest BCUT2D eigenvalue weighted by Crippen LogP contribution is -2.23. The zero-order valence-corrected chi connectivity index (χ0v) is 14.4. The third kappa shape index (κ3) is 2.87. The molecule has 3 rings (SSSR count). The number of aromatic nitrogens is 1. The van der Waals surface area contributed by atoms with Crippen LogP contribution in [0, 0.1) is 10.9 Å². The molecule has 1 atom stereocenters. The fourth-order valence-corrected chi connectivity index (χ4v) is 3.91. The third-order valence-corrected chi connectivity index (χ3v) is 5.18. The van der Waals surface area contributed by atoms with E-state index in [1.54, 1.807) is 17.6 Å². The van der Waals surface area contributed by atoms with E-state index in [1.165, 1.54) is 11.3 Å². The summed E-state index contributed by atoms with van der Waals surface area (Å²) in [5.74, 6) is -0.395. The predicted octanol–water partition coefficient (Wildman–Crippen LogP) is 1.42. The molecule has 1 aromatic carbocycles. The Morgan fingerprint density at radius 2 is 2.17 bits per heavy atom. The summed E-state index contributed by atoms with van der Waals surface area (Å²) in [5, 5.41) is 21.3. The van der Waals surface area contributed by atoms with Crippen molar-refractivity contribution in [2.24, 2.45) is 4.99 Å². The first kappa shape index (κ1) is 16.0. The molecule has 0 saturated carbocycles. The number of carbonyl (C=O) groups is 1. The Morgan fingerprint density at radius 3 is 2.87 bits per heavy atom. The zero-order chi connectivity index (χ0) is 16.7. The molecule has 7 heteroatoms. The van der Waals surface area contributed by atoms with Gasteiger partial charge in [-0.15, -0.1) is 11.3 Å². The molecule has 1 aromatic heterocycles. The van der Waals surface area contributed by atoms with Gasteiger partial charge >= 0.3 is 0 Å². The molecule has 2 heterocycles. The highest BCUT2D eigenvalue weighted by Crippen LogP contribution is 2.32. The molecule has 0 saturated heterocycles. The van der Waals surface area contributed by atoms with Crippen LogP contribution < -0.4 is 10.6 Å². The molecular formula is C16H16N2O3S2. The summed E-state index contributed by atoms with van der Waals surface area (Å²) in [4.78, 5) is 16.8. The van der Waals surface area contributed by atoms with Crippen molar-refractivity contribution in [3.63, 3.8) is 0 Å². The molecule has 2 N–H and O–H groups in total. The quantitative estimate of drug-likeness (QED) is 0.820. The summed E-state index contributed by atoms with van der Waals surface area (Å²) in [6.45, 7) is 4.02. The Labute approximate surface area is 141 Å². The molecule has 1 unspecified atom stereocenters. The Balaban J connectivity index is 2.19. The number of aryl methyl sites for hydroxylation is 1.